The molecule has 128 valence electrons. The number of carbonyl (C=O) groups is 1. The predicted molar refractivity (Wildman–Crippen MR) is 94.5 cm³/mol. The Morgan fingerprint density at radius 1 is 1.30 bits per heavy atom. The van der Waals surface area contributed by atoms with Crippen LogP contribution in [0.5, 0.6) is 5.75 Å². The number of hydrogen-bond acceptors (Lipinski definition) is 3. The minimum absolute atomic E-state index is 0. The van der Waals surface area contributed by atoms with Crippen LogP contribution in [0.25, 0.3) is 0 Å². The average molecular weight is 359 g/mol. The molecular weight excluding hydrogens is 335 g/mol. The van der Waals surface area contributed by atoms with E-state index in [-0.39, 0.29) is 18.3 Å². The molecule has 1 aromatic rings. The van der Waals surface area contributed by atoms with Gasteiger partial charge in [-0.1, -0.05) is 17.7 Å². The molecule has 0 aliphatic carbocycles. The Balaban J connectivity index is 0.00000192. The largest absolute Gasteiger partial charge is 0.481 e. The molecule has 2 heterocycles. The number of nitrogens with zero attached hydrogens (tertiary/aromatic N) is 1. The lowest BCUT2D eigenvalue weighted by Crippen LogP contribution is -2.41. The molecule has 2 saturated heterocycles. The highest BCUT2D eigenvalue weighted by Gasteiger charge is 2.32. The number of likely N-dealkylation sites (tertiary alicyclic amines) is 1. The van der Waals surface area contributed by atoms with Crippen molar-refractivity contribution < 1.29 is 9.53 Å². The molecule has 2 aliphatic heterocycles. The van der Waals surface area contributed by atoms with E-state index in [2.05, 4.69) is 5.32 Å². The first kappa shape index (κ1) is 18.4. The van der Waals surface area contributed by atoms with Crippen molar-refractivity contribution in [3.63, 3.8) is 0 Å². The minimum Gasteiger partial charge on any atom is -0.481 e. The molecule has 0 spiro atoms. The molecule has 2 fully saturated rings. The maximum atomic E-state index is 12.6. The lowest BCUT2D eigenvalue weighted by Gasteiger charge is -2.25. The monoisotopic (exact) mass is 358 g/mol. The lowest BCUT2D eigenvalue weighted by molar-refractivity contribution is -0.137. The second-order valence-corrected chi connectivity index (χ2v) is 6.73. The van der Waals surface area contributed by atoms with Gasteiger partial charge < -0.3 is 15.0 Å². The molecule has 0 saturated carbocycles. The number of benzene rings is 1. The number of carbonyl (C=O) groups excluding carboxylic acids is 1. The molecule has 0 bridgehead atoms. The van der Waals surface area contributed by atoms with Crippen LogP contribution in [-0.2, 0) is 4.79 Å². The zero-order valence-electron chi connectivity index (χ0n) is 13.3. The maximum Gasteiger partial charge on any atom is 0.263 e. The highest BCUT2D eigenvalue weighted by Crippen LogP contribution is 2.27. The fourth-order valence-electron chi connectivity index (χ4n) is 3.49. The molecule has 0 aromatic heterocycles. The van der Waals surface area contributed by atoms with Crippen molar-refractivity contribution in [3.8, 4) is 5.75 Å². The van der Waals surface area contributed by atoms with E-state index in [1.807, 2.05) is 24.0 Å². The normalized spacial score (nSPS) is 25.0. The molecule has 1 amide bonds. The summed E-state index contributed by atoms with van der Waals surface area (Å²) in [5.41, 5.74) is 0. The second kappa shape index (κ2) is 8.22. The molecule has 3 rings (SSSR count). The van der Waals surface area contributed by atoms with E-state index in [1.165, 1.54) is 0 Å². The number of amides is 1. The molecule has 23 heavy (non-hydrogen) atoms. The number of rotatable bonds is 3. The van der Waals surface area contributed by atoms with Gasteiger partial charge in [0, 0.05) is 18.1 Å². The van der Waals surface area contributed by atoms with Gasteiger partial charge in [0.1, 0.15) is 5.75 Å². The van der Waals surface area contributed by atoms with Crippen LogP contribution in [-0.4, -0.2) is 43.1 Å². The van der Waals surface area contributed by atoms with Crippen molar-refractivity contribution in [2.75, 3.05) is 26.2 Å². The summed E-state index contributed by atoms with van der Waals surface area (Å²) >= 11 is 5.95. The van der Waals surface area contributed by atoms with Crippen molar-refractivity contribution in [1.29, 1.82) is 0 Å². The Morgan fingerprint density at radius 3 is 2.57 bits per heavy atom. The van der Waals surface area contributed by atoms with Gasteiger partial charge >= 0.3 is 0 Å². The van der Waals surface area contributed by atoms with Gasteiger partial charge in [-0.05, 0) is 62.9 Å². The third-order valence-corrected chi connectivity index (χ3v) is 5.02. The van der Waals surface area contributed by atoms with Crippen LogP contribution in [0.2, 0.25) is 5.02 Å². The maximum absolute atomic E-state index is 12.6. The van der Waals surface area contributed by atoms with Gasteiger partial charge in [-0.15, -0.1) is 12.4 Å². The molecule has 2 aliphatic rings. The van der Waals surface area contributed by atoms with Gasteiger partial charge in [-0.25, -0.2) is 0 Å². The highest BCUT2D eigenvalue weighted by atomic mass is 35.5. The SMILES string of the molecule is CC(Oc1cccc(Cl)c1)C(=O)N1CC[C@@H]2CNC[C@@H]2CC1.Cl. The molecule has 4 nitrogen and oxygen atoms in total. The van der Waals surface area contributed by atoms with E-state index in [4.69, 9.17) is 16.3 Å². The quantitative estimate of drug-likeness (QED) is 0.902. The summed E-state index contributed by atoms with van der Waals surface area (Å²) in [7, 11) is 0. The molecule has 0 radical (unpaired) electrons. The van der Waals surface area contributed by atoms with Gasteiger partial charge in [0.15, 0.2) is 6.10 Å². The van der Waals surface area contributed by atoms with Gasteiger partial charge in [0.05, 0.1) is 0 Å². The van der Waals surface area contributed by atoms with Crippen LogP contribution in [0.1, 0.15) is 19.8 Å². The number of fused-ring (bicyclic) bond motifs is 1. The molecular formula is C17H24Cl2N2O2. The van der Waals surface area contributed by atoms with Crippen molar-refractivity contribution in [2.24, 2.45) is 11.8 Å². The van der Waals surface area contributed by atoms with E-state index in [0.29, 0.717) is 10.8 Å². The van der Waals surface area contributed by atoms with E-state index in [1.54, 1.807) is 12.1 Å². The smallest absolute Gasteiger partial charge is 0.263 e. The van der Waals surface area contributed by atoms with Gasteiger partial charge in [0.2, 0.25) is 0 Å². The number of ether oxygens (including phenoxy) is 1. The topological polar surface area (TPSA) is 41.6 Å². The predicted octanol–water partition coefficient (Wildman–Crippen LogP) is 2.99. The Labute approximate surface area is 148 Å². The van der Waals surface area contributed by atoms with Gasteiger partial charge in [-0.2, -0.15) is 0 Å². The lowest BCUT2D eigenvalue weighted by atomic mass is 9.92. The van der Waals surface area contributed by atoms with Crippen LogP contribution in [0.4, 0.5) is 0 Å². The third-order valence-electron chi connectivity index (χ3n) is 4.79. The first-order valence-corrected chi connectivity index (χ1v) is 8.43. The zero-order chi connectivity index (χ0) is 15.5. The summed E-state index contributed by atoms with van der Waals surface area (Å²) in [6.45, 7) is 5.69. The zero-order valence-corrected chi connectivity index (χ0v) is 14.9. The number of nitrogens with one attached hydrogen (secondary N) is 1. The van der Waals surface area contributed by atoms with Crippen LogP contribution < -0.4 is 10.1 Å². The average Bonchev–Trinajstić information content (AvgIpc) is 2.85. The van der Waals surface area contributed by atoms with E-state index in [9.17, 15) is 4.79 Å². The van der Waals surface area contributed by atoms with Crippen LogP contribution in [0.15, 0.2) is 24.3 Å². The van der Waals surface area contributed by atoms with Crippen molar-refractivity contribution >= 4 is 29.9 Å². The summed E-state index contributed by atoms with van der Waals surface area (Å²) in [5.74, 6) is 2.17. The molecule has 3 atom stereocenters. The van der Waals surface area contributed by atoms with E-state index < -0.39 is 6.10 Å². The number of hydrogen-bond donors (Lipinski definition) is 1. The molecule has 1 aromatic carbocycles. The Morgan fingerprint density at radius 2 is 1.96 bits per heavy atom. The summed E-state index contributed by atoms with van der Waals surface area (Å²) in [5, 5.41) is 4.07. The minimum atomic E-state index is -0.477. The van der Waals surface area contributed by atoms with Crippen LogP contribution in [0.3, 0.4) is 0 Å². The fraction of sp³-hybridized carbons (Fsp3) is 0.588. The molecule has 1 N–H and O–H groups in total. The fourth-order valence-corrected chi connectivity index (χ4v) is 3.67. The van der Waals surface area contributed by atoms with Crippen LogP contribution >= 0.6 is 24.0 Å². The summed E-state index contributed by atoms with van der Waals surface area (Å²) in [4.78, 5) is 14.6. The second-order valence-electron chi connectivity index (χ2n) is 6.30. The summed E-state index contributed by atoms with van der Waals surface area (Å²) < 4.78 is 5.76. The van der Waals surface area contributed by atoms with Gasteiger partial charge in [0.25, 0.3) is 5.91 Å². The third kappa shape index (κ3) is 4.52. The van der Waals surface area contributed by atoms with Gasteiger partial charge in [-0.3, -0.25) is 4.79 Å². The van der Waals surface area contributed by atoms with Crippen molar-refractivity contribution in [1.82, 2.24) is 10.2 Å². The Kier molecular flexibility index (Phi) is 6.57. The highest BCUT2D eigenvalue weighted by molar-refractivity contribution is 6.30. The standard InChI is InChI=1S/C17H23ClN2O2.ClH/c1-12(22-16-4-2-3-15(18)9-16)17(21)20-7-5-13-10-19-11-14(13)6-8-20;/h2-4,9,12-14,19H,5-8,10-11H2,1H3;1H/t12?,13-,14+;. The van der Waals surface area contributed by atoms with Crippen molar-refractivity contribution in [2.45, 2.75) is 25.9 Å². The number of halogens is 2. The van der Waals surface area contributed by atoms with Crippen LogP contribution in [0, 0.1) is 11.8 Å². The Hall–Kier alpha value is -0.970. The summed E-state index contributed by atoms with van der Waals surface area (Å²) in [6, 6.07) is 7.19. The van der Waals surface area contributed by atoms with Crippen molar-refractivity contribution in [3.05, 3.63) is 29.3 Å². The van der Waals surface area contributed by atoms with E-state index in [0.717, 1.165) is 50.9 Å². The molecule has 6 heteroatoms. The van der Waals surface area contributed by atoms with E-state index >= 15 is 0 Å². The Bertz CT molecular complexity index is 527. The molecule has 1 unspecified atom stereocenters. The first-order chi connectivity index (χ1) is 10.6. The first-order valence-electron chi connectivity index (χ1n) is 8.05. The summed E-state index contributed by atoms with van der Waals surface area (Å²) in [6.07, 6.45) is 1.70.